The number of esters is 1. The monoisotopic (exact) mass is 375 g/mol. The zero-order valence-electron chi connectivity index (χ0n) is 15.8. The maximum Gasteiger partial charge on any atom is 0.350 e. The Bertz CT molecular complexity index is 769. The van der Waals surface area contributed by atoms with Crippen molar-refractivity contribution in [3.8, 4) is 0 Å². The molecule has 2 aromatic rings. The van der Waals surface area contributed by atoms with E-state index in [-0.39, 0.29) is 12.5 Å². The number of thiazole rings is 1. The molecule has 0 radical (unpaired) electrons. The first-order chi connectivity index (χ1) is 12.3. The summed E-state index contributed by atoms with van der Waals surface area (Å²) in [6.45, 7) is 10.5. The standard InChI is InChI=1S/C19H25N3O3S/c1-6-22(12(2)3)16-9-7-15(8-10-16)21-17(23)11-25-19(24)18-13(4)20-14(5)26-18/h7-10,12H,6,11H2,1-5H3,(H,21,23). The first-order valence-electron chi connectivity index (χ1n) is 8.59. The number of nitrogens with zero attached hydrogens (tertiary/aromatic N) is 2. The largest absolute Gasteiger partial charge is 0.451 e. The fourth-order valence-corrected chi connectivity index (χ4v) is 3.51. The molecule has 1 amide bonds. The van der Waals surface area contributed by atoms with Gasteiger partial charge in [0, 0.05) is 24.0 Å². The Morgan fingerprint density at radius 3 is 2.38 bits per heavy atom. The van der Waals surface area contributed by atoms with E-state index in [2.05, 4.69) is 36.0 Å². The van der Waals surface area contributed by atoms with Crippen LogP contribution in [0.2, 0.25) is 0 Å². The smallest absolute Gasteiger partial charge is 0.350 e. The van der Waals surface area contributed by atoms with E-state index in [4.69, 9.17) is 4.74 Å². The van der Waals surface area contributed by atoms with Crippen LogP contribution in [0.3, 0.4) is 0 Å². The SMILES string of the molecule is CCN(c1ccc(NC(=O)COC(=O)c2sc(C)nc2C)cc1)C(C)C. The molecule has 7 heteroatoms. The van der Waals surface area contributed by atoms with Gasteiger partial charge in [0.15, 0.2) is 6.61 Å². The van der Waals surface area contributed by atoms with E-state index in [1.807, 2.05) is 31.2 Å². The Morgan fingerprint density at radius 2 is 1.88 bits per heavy atom. The predicted molar refractivity (Wildman–Crippen MR) is 105 cm³/mol. The number of anilines is 2. The number of ether oxygens (including phenoxy) is 1. The van der Waals surface area contributed by atoms with Crippen molar-refractivity contribution < 1.29 is 14.3 Å². The average Bonchev–Trinajstić information content (AvgIpc) is 2.93. The van der Waals surface area contributed by atoms with Crippen LogP contribution in [0.25, 0.3) is 0 Å². The lowest BCUT2D eigenvalue weighted by molar-refractivity contribution is -0.119. The molecule has 1 aromatic heterocycles. The van der Waals surface area contributed by atoms with Crippen molar-refractivity contribution in [2.45, 2.75) is 40.7 Å². The molecule has 140 valence electrons. The van der Waals surface area contributed by atoms with Gasteiger partial charge in [-0.15, -0.1) is 11.3 Å². The lowest BCUT2D eigenvalue weighted by atomic mass is 10.2. The van der Waals surface area contributed by atoms with Crippen LogP contribution in [0.5, 0.6) is 0 Å². The van der Waals surface area contributed by atoms with Crippen LogP contribution in [0.4, 0.5) is 11.4 Å². The van der Waals surface area contributed by atoms with E-state index >= 15 is 0 Å². The molecule has 1 aromatic carbocycles. The summed E-state index contributed by atoms with van der Waals surface area (Å²) >= 11 is 1.26. The third kappa shape index (κ3) is 5.05. The van der Waals surface area contributed by atoms with Gasteiger partial charge < -0.3 is 15.0 Å². The number of hydrogen-bond acceptors (Lipinski definition) is 6. The second kappa shape index (κ2) is 8.80. The molecule has 0 saturated heterocycles. The summed E-state index contributed by atoms with van der Waals surface area (Å²) in [5, 5.41) is 3.53. The summed E-state index contributed by atoms with van der Waals surface area (Å²) in [6.07, 6.45) is 0. The minimum atomic E-state index is -0.519. The van der Waals surface area contributed by atoms with Crippen molar-refractivity contribution in [1.82, 2.24) is 4.98 Å². The molecule has 1 heterocycles. The zero-order chi connectivity index (χ0) is 19.3. The van der Waals surface area contributed by atoms with Crippen molar-refractivity contribution in [3.05, 3.63) is 39.8 Å². The van der Waals surface area contributed by atoms with E-state index in [0.717, 1.165) is 17.2 Å². The quantitative estimate of drug-likeness (QED) is 0.746. The third-order valence-corrected chi connectivity index (χ3v) is 4.92. The van der Waals surface area contributed by atoms with E-state index in [1.165, 1.54) is 11.3 Å². The van der Waals surface area contributed by atoms with Gasteiger partial charge in [0.2, 0.25) is 0 Å². The Hall–Kier alpha value is -2.41. The summed E-state index contributed by atoms with van der Waals surface area (Å²) in [5.41, 5.74) is 2.39. The molecule has 0 aliphatic carbocycles. The Morgan fingerprint density at radius 1 is 1.23 bits per heavy atom. The van der Waals surface area contributed by atoms with Gasteiger partial charge in [0.05, 0.1) is 10.7 Å². The van der Waals surface area contributed by atoms with Crippen LogP contribution < -0.4 is 10.2 Å². The van der Waals surface area contributed by atoms with E-state index < -0.39 is 5.97 Å². The van der Waals surface area contributed by atoms with Gasteiger partial charge in [0.1, 0.15) is 4.88 Å². The number of amides is 1. The highest BCUT2D eigenvalue weighted by Gasteiger charge is 2.16. The van der Waals surface area contributed by atoms with Gasteiger partial charge in [-0.2, -0.15) is 0 Å². The lowest BCUT2D eigenvalue weighted by Crippen LogP contribution is -2.30. The number of hydrogen-bond donors (Lipinski definition) is 1. The number of rotatable bonds is 7. The van der Waals surface area contributed by atoms with Crippen molar-refractivity contribution in [1.29, 1.82) is 0 Å². The van der Waals surface area contributed by atoms with E-state index in [0.29, 0.717) is 22.3 Å². The molecular formula is C19H25N3O3S. The molecule has 0 aliphatic heterocycles. The zero-order valence-corrected chi connectivity index (χ0v) is 16.6. The number of carbonyl (C=O) groups is 2. The highest BCUT2D eigenvalue weighted by atomic mass is 32.1. The molecule has 26 heavy (non-hydrogen) atoms. The molecule has 0 bridgehead atoms. The van der Waals surface area contributed by atoms with Gasteiger partial charge in [0.25, 0.3) is 5.91 Å². The van der Waals surface area contributed by atoms with Crippen LogP contribution in [0.1, 0.15) is 41.1 Å². The minimum Gasteiger partial charge on any atom is -0.451 e. The van der Waals surface area contributed by atoms with Crippen LogP contribution in [0.15, 0.2) is 24.3 Å². The topological polar surface area (TPSA) is 71.5 Å². The molecule has 0 unspecified atom stereocenters. The average molecular weight is 375 g/mol. The van der Waals surface area contributed by atoms with Crippen LogP contribution in [-0.2, 0) is 9.53 Å². The Labute approximate surface area is 158 Å². The first kappa shape index (κ1) is 19.9. The molecule has 0 fully saturated rings. The number of carbonyl (C=O) groups excluding carboxylic acids is 2. The summed E-state index contributed by atoms with van der Waals surface area (Å²) in [7, 11) is 0. The van der Waals surface area contributed by atoms with Crippen molar-refractivity contribution in [2.75, 3.05) is 23.4 Å². The molecular weight excluding hydrogens is 350 g/mol. The number of benzene rings is 1. The van der Waals surface area contributed by atoms with Crippen molar-refractivity contribution >= 4 is 34.6 Å². The number of aromatic nitrogens is 1. The number of nitrogens with one attached hydrogen (secondary N) is 1. The molecule has 0 spiro atoms. The van der Waals surface area contributed by atoms with Crippen molar-refractivity contribution in [2.24, 2.45) is 0 Å². The van der Waals surface area contributed by atoms with Gasteiger partial charge in [-0.05, 0) is 58.9 Å². The third-order valence-electron chi connectivity index (χ3n) is 3.87. The van der Waals surface area contributed by atoms with Crippen LogP contribution >= 0.6 is 11.3 Å². The van der Waals surface area contributed by atoms with E-state index in [9.17, 15) is 9.59 Å². The van der Waals surface area contributed by atoms with Gasteiger partial charge in [-0.3, -0.25) is 4.79 Å². The highest BCUT2D eigenvalue weighted by Crippen LogP contribution is 2.20. The maximum atomic E-state index is 12.0. The summed E-state index contributed by atoms with van der Waals surface area (Å²) in [5.74, 6) is -0.893. The lowest BCUT2D eigenvalue weighted by Gasteiger charge is -2.27. The Kier molecular flexibility index (Phi) is 6.74. The summed E-state index contributed by atoms with van der Waals surface area (Å²) in [6, 6.07) is 8.02. The van der Waals surface area contributed by atoms with Crippen molar-refractivity contribution in [3.63, 3.8) is 0 Å². The first-order valence-corrected chi connectivity index (χ1v) is 9.41. The highest BCUT2D eigenvalue weighted by molar-refractivity contribution is 7.13. The second-order valence-electron chi connectivity index (χ2n) is 6.20. The normalized spacial score (nSPS) is 10.7. The molecule has 0 aliphatic rings. The summed E-state index contributed by atoms with van der Waals surface area (Å²) < 4.78 is 5.08. The fraction of sp³-hybridized carbons (Fsp3) is 0.421. The molecule has 1 N–H and O–H groups in total. The van der Waals surface area contributed by atoms with Crippen LogP contribution in [0, 0.1) is 13.8 Å². The summed E-state index contributed by atoms with van der Waals surface area (Å²) in [4.78, 5) is 30.9. The Balaban J connectivity index is 1.89. The second-order valence-corrected chi connectivity index (χ2v) is 7.40. The molecule has 6 nitrogen and oxygen atoms in total. The van der Waals surface area contributed by atoms with Gasteiger partial charge in [-0.1, -0.05) is 0 Å². The molecule has 2 rings (SSSR count). The molecule has 0 saturated carbocycles. The van der Waals surface area contributed by atoms with E-state index in [1.54, 1.807) is 6.92 Å². The van der Waals surface area contributed by atoms with Crippen LogP contribution in [-0.4, -0.2) is 36.1 Å². The molecule has 0 atom stereocenters. The predicted octanol–water partition coefficient (Wildman–Crippen LogP) is 3.79. The maximum absolute atomic E-state index is 12.0. The van der Waals surface area contributed by atoms with Gasteiger partial charge in [-0.25, -0.2) is 9.78 Å². The number of aryl methyl sites for hydroxylation is 2. The van der Waals surface area contributed by atoms with Gasteiger partial charge >= 0.3 is 5.97 Å². The minimum absolute atomic E-state index is 0.329. The fourth-order valence-electron chi connectivity index (χ4n) is 2.70.